The van der Waals surface area contributed by atoms with E-state index in [1.165, 1.54) is 0 Å². The lowest BCUT2D eigenvalue weighted by Gasteiger charge is -2.09. The van der Waals surface area contributed by atoms with Crippen LogP contribution in [0.3, 0.4) is 0 Å². The van der Waals surface area contributed by atoms with Crippen LogP contribution in [0.4, 0.5) is 5.69 Å². The van der Waals surface area contributed by atoms with Crippen molar-refractivity contribution in [3.8, 4) is 6.07 Å². The lowest BCUT2D eigenvalue weighted by atomic mass is 10.0. The van der Waals surface area contributed by atoms with Crippen molar-refractivity contribution in [2.45, 2.75) is 25.7 Å². The summed E-state index contributed by atoms with van der Waals surface area (Å²) in [5.41, 5.74) is 0.667. The number of anilines is 1. The predicted octanol–water partition coefficient (Wildman–Crippen LogP) is 2.32. The molecule has 0 aromatic heterocycles. The quantitative estimate of drug-likeness (QED) is 0.613. The normalized spacial score (nSPS) is 10.7. The first-order valence-electron chi connectivity index (χ1n) is 5.91. The Hall–Kier alpha value is -1.87. The van der Waals surface area contributed by atoms with Gasteiger partial charge in [-0.1, -0.05) is 12.1 Å². The van der Waals surface area contributed by atoms with Crippen LogP contribution < -0.4 is 4.72 Å². The highest BCUT2D eigenvalue weighted by Crippen LogP contribution is 2.19. The minimum atomic E-state index is -3.41. The number of hydrogen-bond donors (Lipinski definition) is 1. The molecule has 19 heavy (non-hydrogen) atoms. The van der Waals surface area contributed by atoms with E-state index in [4.69, 9.17) is 5.26 Å². The minimum absolute atomic E-state index is 0.121. The van der Waals surface area contributed by atoms with Gasteiger partial charge in [-0.25, -0.2) is 8.42 Å². The second-order valence-electron chi connectivity index (χ2n) is 4.21. The van der Waals surface area contributed by atoms with Crippen molar-refractivity contribution in [1.29, 1.82) is 5.26 Å². The summed E-state index contributed by atoms with van der Waals surface area (Å²) in [7, 11) is -3.41. The van der Waals surface area contributed by atoms with E-state index >= 15 is 0 Å². The summed E-state index contributed by atoms with van der Waals surface area (Å²) in [5.74, 6) is -0.121. The van der Waals surface area contributed by atoms with Gasteiger partial charge in [-0.05, 0) is 25.0 Å². The van der Waals surface area contributed by atoms with Crippen LogP contribution in [-0.2, 0) is 10.0 Å². The Bertz CT molecular complexity index is 588. The van der Waals surface area contributed by atoms with Crippen LogP contribution in [0.25, 0.3) is 0 Å². The van der Waals surface area contributed by atoms with E-state index in [-0.39, 0.29) is 5.78 Å². The Morgan fingerprint density at radius 2 is 2.00 bits per heavy atom. The number of benzene rings is 1. The monoisotopic (exact) mass is 280 g/mol. The SMILES string of the molecule is CS(=O)(=O)Nc1ccccc1C(=O)CCCCC#N. The third-order valence-corrected chi connectivity index (χ3v) is 3.06. The number of Topliss-reactive ketones (excluding diaryl/α,β-unsaturated/α-hetero) is 1. The standard InChI is InChI=1S/C13H16N2O3S/c1-19(17,18)15-12-8-5-4-7-11(12)13(16)9-3-2-6-10-14/h4-5,7-8,15H,2-3,6,9H2,1H3. The Kier molecular flexibility index (Phi) is 5.52. The zero-order chi connectivity index (χ0) is 14.3. The molecule has 0 fully saturated rings. The summed E-state index contributed by atoms with van der Waals surface area (Å²) in [6, 6.07) is 8.53. The molecule has 1 aromatic carbocycles. The molecule has 0 bridgehead atoms. The lowest BCUT2D eigenvalue weighted by Crippen LogP contribution is -2.13. The first-order valence-corrected chi connectivity index (χ1v) is 7.80. The fraction of sp³-hybridized carbons (Fsp3) is 0.385. The van der Waals surface area contributed by atoms with Gasteiger partial charge in [0.05, 0.1) is 18.0 Å². The highest BCUT2D eigenvalue weighted by molar-refractivity contribution is 7.92. The molecular formula is C13H16N2O3S. The number of carbonyl (C=O) groups is 1. The molecule has 0 unspecified atom stereocenters. The van der Waals surface area contributed by atoms with Crippen LogP contribution in [-0.4, -0.2) is 20.5 Å². The molecule has 6 heteroatoms. The molecule has 1 aromatic rings. The van der Waals surface area contributed by atoms with Gasteiger partial charge in [-0.3, -0.25) is 9.52 Å². The molecule has 0 atom stereocenters. The smallest absolute Gasteiger partial charge is 0.229 e. The third-order valence-electron chi connectivity index (χ3n) is 2.47. The van der Waals surface area contributed by atoms with Gasteiger partial charge in [0.25, 0.3) is 0 Å². The summed E-state index contributed by atoms with van der Waals surface area (Å²) in [6.07, 6.45) is 3.07. The highest BCUT2D eigenvalue weighted by Gasteiger charge is 2.13. The molecule has 102 valence electrons. The number of ketones is 1. The Labute approximate surface area is 113 Å². The molecule has 0 aliphatic heterocycles. The van der Waals surface area contributed by atoms with Gasteiger partial charge >= 0.3 is 0 Å². The second kappa shape index (κ2) is 6.90. The van der Waals surface area contributed by atoms with E-state index < -0.39 is 10.0 Å². The zero-order valence-corrected chi connectivity index (χ0v) is 11.5. The van der Waals surface area contributed by atoms with E-state index in [0.717, 1.165) is 6.26 Å². The van der Waals surface area contributed by atoms with Crippen LogP contribution >= 0.6 is 0 Å². The molecule has 0 amide bonds. The number of hydrogen-bond acceptors (Lipinski definition) is 4. The van der Waals surface area contributed by atoms with E-state index in [1.54, 1.807) is 24.3 Å². The van der Waals surface area contributed by atoms with Crippen molar-refractivity contribution in [3.05, 3.63) is 29.8 Å². The summed E-state index contributed by atoms with van der Waals surface area (Å²) in [4.78, 5) is 12.0. The van der Waals surface area contributed by atoms with Gasteiger partial charge in [0.1, 0.15) is 0 Å². The average molecular weight is 280 g/mol. The largest absolute Gasteiger partial charge is 0.294 e. The molecule has 0 spiro atoms. The maximum atomic E-state index is 12.0. The van der Waals surface area contributed by atoms with Crippen molar-refractivity contribution in [1.82, 2.24) is 0 Å². The highest BCUT2D eigenvalue weighted by atomic mass is 32.2. The number of nitriles is 1. The molecule has 1 N–H and O–H groups in total. The minimum Gasteiger partial charge on any atom is -0.294 e. The van der Waals surface area contributed by atoms with Crippen molar-refractivity contribution in [2.24, 2.45) is 0 Å². The van der Waals surface area contributed by atoms with Crippen molar-refractivity contribution in [3.63, 3.8) is 0 Å². The number of nitrogens with one attached hydrogen (secondary N) is 1. The second-order valence-corrected chi connectivity index (χ2v) is 5.96. The Balaban J connectivity index is 2.77. The van der Waals surface area contributed by atoms with Crippen LogP contribution in [0.15, 0.2) is 24.3 Å². The molecule has 0 radical (unpaired) electrons. The molecule has 0 saturated heterocycles. The number of nitrogens with zero attached hydrogens (tertiary/aromatic N) is 1. The summed E-state index contributed by atoms with van der Waals surface area (Å²) >= 11 is 0. The number of rotatable bonds is 7. The summed E-state index contributed by atoms with van der Waals surface area (Å²) in [5, 5.41) is 8.41. The van der Waals surface area contributed by atoms with Gasteiger partial charge in [-0.15, -0.1) is 0 Å². The molecule has 0 saturated carbocycles. The topological polar surface area (TPSA) is 87.0 Å². The molecular weight excluding hydrogens is 264 g/mol. The van der Waals surface area contributed by atoms with Gasteiger partial charge in [0.2, 0.25) is 10.0 Å². The fourth-order valence-electron chi connectivity index (χ4n) is 1.64. The first kappa shape index (κ1) is 15.2. The molecule has 0 aliphatic carbocycles. The van der Waals surface area contributed by atoms with Crippen molar-refractivity contribution < 1.29 is 13.2 Å². The van der Waals surface area contributed by atoms with Crippen LogP contribution in [0.1, 0.15) is 36.0 Å². The van der Waals surface area contributed by atoms with Gasteiger partial charge in [-0.2, -0.15) is 5.26 Å². The molecule has 0 heterocycles. The fourth-order valence-corrected chi connectivity index (χ4v) is 2.22. The third kappa shape index (κ3) is 5.53. The van der Waals surface area contributed by atoms with Crippen molar-refractivity contribution >= 4 is 21.5 Å². The zero-order valence-electron chi connectivity index (χ0n) is 10.7. The number of para-hydroxylation sites is 1. The van der Waals surface area contributed by atoms with Crippen LogP contribution in [0.5, 0.6) is 0 Å². The van der Waals surface area contributed by atoms with E-state index in [2.05, 4.69) is 4.72 Å². The lowest BCUT2D eigenvalue weighted by molar-refractivity contribution is 0.0980. The van der Waals surface area contributed by atoms with Crippen LogP contribution in [0.2, 0.25) is 0 Å². The Morgan fingerprint density at radius 1 is 1.32 bits per heavy atom. The molecule has 1 rings (SSSR count). The maximum absolute atomic E-state index is 12.0. The average Bonchev–Trinajstić information content (AvgIpc) is 2.33. The van der Waals surface area contributed by atoms with Crippen LogP contribution in [0, 0.1) is 11.3 Å². The maximum Gasteiger partial charge on any atom is 0.229 e. The van der Waals surface area contributed by atoms with Gasteiger partial charge < -0.3 is 0 Å². The first-order chi connectivity index (χ1) is 8.94. The van der Waals surface area contributed by atoms with E-state index in [1.807, 2.05) is 6.07 Å². The van der Waals surface area contributed by atoms with E-state index in [9.17, 15) is 13.2 Å². The van der Waals surface area contributed by atoms with Gasteiger partial charge in [0, 0.05) is 18.4 Å². The summed E-state index contributed by atoms with van der Waals surface area (Å²) < 4.78 is 24.8. The Morgan fingerprint density at radius 3 is 2.63 bits per heavy atom. The number of sulfonamides is 1. The van der Waals surface area contributed by atoms with Gasteiger partial charge in [0.15, 0.2) is 5.78 Å². The van der Waals surface area contributed by atoms with Crippen molar-refractivity contribution in [2.75, 3.05) is 11.0 Å². The van der Waals surface area contributed by atoms with E-state index in [0.29, 0.717) is 36.9 Å². The molecule has 0 aliphatic rings. The number of unbranched alkanes of at least 4 members (excludes halogenated alkanes) is 2. The molecule has 5 nitrogen and oxygen atoms in total. The summed E-state index contributed by atoms with van der Waals surface area (Å²) in [6.45, 7) is 0. The number of carbonyl (C=O) groups excluding carboxylic acids is 1. The predicted molar refractivity (Wildman–Crippen MR) is 73.3 cm³/mol.